The van der Waals surface area contributed by atoms with E-state index < -0.39 is 0 Å². The molecule has 6 heteroatoms. The van der Waals surface area contributed by atoms with Crippen molar-refractivity contribution < 1.29 is 4.79 Å². The standard InChI is InChI=1S/C19H29N3O.2ClH/c23-19(21-11-9-16-8-10-20-13-16)18-7-4-12-22(15-18)14-17-5-2-1-3-6-17;;/h1-3,5-6,16,18,20H,4,7-15H2,(H,21,23);2*1H. The van der Waals surface area contributed by atoms with E-state index >= 15 is 0 Å². The molecule has 0 bridgehead atoms. The average molecular weight is 388 g/mol. The summed E-state index contributed by atoms with van der Waals surface area (Å²) in [6, 6.07) is 10.6. The van der Waals surface area contributed by atoms with Crippen LogP contribution in [0.25, 0.3) is 0 Å². The third-order valence-electron chi connectivity index (χ3n) is 5.14. The van der Waals surface area contributed by atoms with E-state index in [0.717, 1.165) is 64.4 Å². The van der Waals surface area contributed by atoms with Gasteiger partial charge in [-0.25, -0.2) is 0 Å². The fourth-order valence-corrected chi connectivity index (χ4v) is 3.76. The number of likely N-dealkylation sites (tertiary alicyclic amines) is 1. The highest BCUT2D eigenvalue weighted by atomic mass is 35.5. The molecule has 3 rings (SSSR count). The first-order chi connectivity index (χ1) is 11.3. The van der Waals surface area contributed by atoms with Crippen LogP contribution in [0.5, 0.6) is 0 Å². The van der Waals surface area contributed by atoms with E-state index in [1.54, 1.807) is 0 Å². The fourth-order valence-electron chi connectivity index (χ4n) is 3.76. The van der Waals surface area contributed by atoms with Crippen LogP contribution in [0.3, 0.4) is 0 Å². The molecule has 2 atom stereocenters. The second-order valence-corrected chi connectivity index (χ2v) is 7.00. The van der Waals surface area contributed by atoms with Crippen molar-refractivity contribution in [3.63, 3.8) is 0 Å². The summed E-state index contributed by atoms with van der Waals surface area (Å²) in [5.41, 5.74) is 1.34. The first-order valence-corrected chi connectivity index (χ1v) is 9.06. The van der Waals surface area contributed by atoms with Crippen molar-refractivity contribution in [3.05, 3.63) is 35.9 Å². The summed E-state index contributed by atoms with van der Waals surface area (Å²) in [4.78, 5) is 14.8. The van der Waals surface area contributed by atoms with E-state index in [9.17, 15) is 4.79 Å². The highest BCUT2D eigenvalue weighted by molar-refractivity contribution is 5.85. The Balaban J connectivity index is 0.00000156. The Kier molecular flexibility index (Phi) is 10.4. The highest BCUT2D eigenvalue weighted by Gasteiger charge is 2.25. The fraction of sp³-hybridized carbons (Fsp3) is 0.632. The summed E-state index contributed by atoms with van der Waals surface area (Å²) in [5, 5.41) is 6.55. The second-order valence-electron chi connectivity index (χ2n) is 7.00. The molecule has 2 aliphatic rings. The van der Waals surface area contributed by atoms with Crippen LogP contribution in [-0.4, -0.2) is 43.5 Å². The Hall–Kier alpha value is -0.810. The van der Waals surface area contributed by atoms with Crippen molar-refractivity contribution in [2.24, 2.45) is 11.8 Å². The maximum absolute atomic E-state index is 12.4. The molecule has 0 radical (unpaired) electrons. The molecule has 2 unspecified atom stereocenters. The molecule has 0 saturated carbocycles. The van der Waals surface area contributed by atoms with E-state index in [4.69, 9.17) is 0 Å². The van der Waals surface area contributed by atoms with Crippen LogP contribution in [0.4, 0.5) is 0 Å². The van der Waals surface area contributed by atoms with E-state index in [2.05, 4.69) is 45.9 Å². The summed E-state index contributed by atoms with van der Waals surface area (Å²) in [7, 11) is 0. The number of nitrogens with one attached hydrogen (secondary N) is 2. The number of rotatable bonds is 6. The molecule has 0 spiro atoms. The van der Waals surface area contributed by atoms with Crippen molar-refractivity contribution in [2.45, 2.75) is 32.2 Å². The van der Waals surface area contributed by atoms with Crippen LogP contribution in [0.15, 0.2) is 30.3 Å². The van der Waals surface area contributed by atoms with Gasteiger partial charge in [-0.2, -0.15) is 0 Å². The SMILES string of the molecule is Cl.Cl.O=C(NCCC1CCNC1)C1CCCN(Cc2ccccc2)C1. The Morgan fingerprint density at radius 1 is 1.20 bits per heavy atom. The third-order valence-corrected chi connectivity index (χ3v) is 5.14. The van der Waals surface area contributed by atoms with Crippen molar-refractivity contribution in [1.29, 1.82) is 0 Å². The summed E-state index contributed by atoms with van der Waals surface area (Å²) >= 11 is 0. The molecule has 4 nitrogen and oxygen atoms in total. The number of piperidine rings is 1. The van der Waals surface area contributed by atoms with Gasteiger partial charge in [0.15, 0.2) is 0 Å². The molecule has 2 N–H and O–H groups in total. The maximum Gasteiger partial charge on any atom is 0.224 e. The van der Waals surface area contributed by atoms with Crippen LogP contribution in [0.2, 0.25) is 0 Å². The van der Waals surface area contributed by atoms with Crippen molar-refractivity contribution in [3.8, 4) is 0 Å². The van der Waals surface area contributed by atoms with Crippen molar-refractivity contribution >= 4 is 30.7 Å². The molecule has 2 saturated heterocycles. The van der Waals surface area contributed by atoms with Crippen LogP contribution in [0, 0.1) is 11.8 Å². The van der Waals surface area contributed by atoms with Crippen molar-refractivity contribution in [2.75, 3.05) is 32.7 Å². The highest BCUT2D eigenvalue weighted by Crippen LogP contribution is 2.19. The minimum absolute atomic E-state index is 0. The summed E-state index contributed by atoms with van der Waals surface area (Å²) in [6.07, 6.45) is 4.52. The minimum Gasteiger partial charge on any atom is -0.356 e. The largest absolute Gasteiger partial charge is 0.356 e. The zero-order chi connectivity index (χ0) is 15.9. The Morgan fingerprint density at radius 2 is 2.00 bits per heavy atom. The van der Waals surface area contributed by atoms with E-state index in [0.29, 0.717) is 0 Å². The Labute approximate surface area is 163 Å². The summed E-state index contributed by atoms with van der Waals surface area (Å²) < 4.78 is 0. The van der Waals surface area contributed by atoms with Crippen LogP contribution < -0.4 is 10.6 Å². The molecule has 2 heterocycles. The molecule has 2 fully saturated rings. The van der Waals surface area contributed by atoms with Gasteiger partial charge in [-0.05, 0) is 56.8 Å². The van der Waals surface area contributed by atoms with Crippen LogP contribution in [0.1, 0.15) is 31.2 Å². The molecular formula is C19H31Cl2N3O. The topological polar surface area (TPSA) is 44.4 Å². The number of amides is 1. The quantitative estimate of drug-likeness (QED) is 0.788. The molecule has 1 aromatic rings. The van der Waals surface area contributed by atoms with E-state index in [1.165, 1.54) is 12.0 Å². The number of nitrogens with zero attached hydrogens (tertiary/aromatic N) is 1. The molecule has 0 aromatic heterocycles. The predicted octanol–water partition coefficient (Wildman–Crippen LogP) is 2.86. The first-order valence-electron chi connectivity index (χ1n) is 9.06. The second kappa shape index (κ2) is 11.7. The lowest BCUT2D eigenvalue weighted by atomic mass is 9.96. The average Bonchev–Trinajstić information content (AvgIpc) is 3.09. The van der Waals surface area contributed by atoms with Gasteiger partial charge >= 0.3 is 0 Å². The lowest BCUT2D eigenvalue weighted by molar-refractivity contribution is -0.126. The van der Waals surface area contributed by atoms with Gasteiger partial charge in [0.25, 0.3) is 0 Å². The maximum atomic E-state index is 12.4. The number of hydrogen-bond donors (Lipinski definition) is 2. The monoisotopic (exact) mass is 387 g/mol. The van der Waals surface area contributed by atoms with Gasteiger partial charge in [0.05, 0.1) is 5.92 Å². The van der Waals surface area contributed by atoms with E-state index in [-0.39, 0.29) is 36.6 Å². The van der Waals surface area contributed by atoms with E-state index in [1.807, 2.05) is 0 Å². The van der Waals surface area contributed by atoms with Gasteiger partial charge in [0.2, 0.25) is 5.91 Å². The molecular weight excluding hydrogens is 357 g/mol. The van der Waals surface area contributed by atoms with Gasteiger partial charge in [-0.15, -0.1) is 24.8 Å². The van der Waals surface area contributed by atoms with Gasteiger partial charge in [-0.3, -0.25) is 9.69 Å². The zero-order valence-corrected chi connectivity index (χ0v) is 16.4. The molecule has 0 aliphatic carbocycles. The first kappa shape index (κ1) is 22.2. The summed E-state index contributed by atoms with van der Waals surface area (Å²) in [5.74, 6) is 1.17. The lowest BCUT2D eigenvalue weighted by Gasteiger charge is -2.32. The van der Waals surface area contributed by atoms with Gasteiger partial charge in [0, 0.05) is 19.6 Å². The van der Waals surface area contributed by atoms with Gasteiger partial charge < -0.3 is 10.6 Å². The van der Waals surface area contributed by atoms with Crippen LogP contribution >= 0.6 is 24.8 Å². The smallest absolute Gasteiger partial charge is 0.224 e. The Morgan fingerprint density at radius 3 is 2.72 bits per heavy atom. The molecule has 142 valence electrons. The lowest BCUT2D eigenvalue weighted by Crippen LogP contribution is -2.43. The van der Waals surface area contributed by atoms with Gasteiger partial charge in [0.1, 0.15) is 0 Å². The molecule has 25 heavy (non-hydrogen) atoms. The number of halogens is 2. The van der Waals surface area contributed by atoms with Gasteiger partial charge in [-0.1, -0.05) is 30.3 Å². The molecule has 2 aliphatic heterocycles. The van der Waals surface area contributed by atoms with Crippen molar-refractivity contribution in [1.82, 2.24) is 15.5 Å². The molecule has 1 amide bonds. The number of hydrogen-bond acceptors (Lipinski definition) is 3. The van der Waals surface area contributed by atoms with Crippen LogP contribution in [-0.2, 0) is 11.3 Å². The minimum atomic E-state index is 0. The summed E-state index contributed by atoms with van der Waals surface area (Å²) in [6.45, 7) is 6.04. The number of benzene rings is 1. The normalized spacial score (nSPS) is 23.4. The zero-order valence-electron chi connectivity index (χ0n) is 14.8. The predicted molar refractivity (Wildman–Crippen MR) is 108 cm³/mol. The Bertz CT molecular complexity index is 495. The number of carbonyl (C=O) groups excluding carboxylic acids is 1. The third kappa shape index (κ3) is 7.14. The number of carbonyl (C=O) groups is 1. The molecule has 1 aromatic carbocycles.